The number of amides is 2. The van der Waals surface area contributed by atoms with Crippen molar-refractivity contribution in [3.05, 3.63) is 16.5 Å². The Hall–Kier alpha value is -0.120. The van der Waals surface area contributed by atoms with Crippen LogP contribution < -0.4 is 29.6 Å². The number of carbonyl (C=O) groups excluding carboxylic acids is 2. The molecule has 1 aliphatic heterocycles. The van der Waals surface area contributed by atoms with Gasteiger partial charge in [0.15, 0.2) is 0 Å². The molecule has 3 nitrogen and oxygen atoms in total. The van der Waals surface area contributed by atoms with Gasteiger partial charge in [0.2, 0.25) is 0 Å². The molecule has 1 heterocycles. The van der Waals surface area contributed by atoms with Crippen molar-refractivity contribution in [2.75, 3.05) is 0 Å². The summed E-state index contributed by atoms with van der Waals surface area (Å²) < 4.78 is 0. The molecule has 0 aromatic heterocycles. The van der Waals surface area contributed by atoms with Crippen LogP contribution in [0, 0.1) is 0 Å². The second kappa shape index (κ2) is 3.32. The maximum absolute atomic E-state index is 10.5. The quantitative estimate of drug-likeness (QED) is 0.287. The number of imide groups is 1. The maximum atomic E-state index is 10.5. The van der Waals surface area contributed by atoms with Crippen LogP contribution in [-0.2, 0) is 9.59 Å². The molecule has 0 saturated carbocycles. The molecule has 0 unspecified atom stereocenters. The van der Waals surface area contributed by atoms with Gasteiger partial charge in [0.25, 0.3) is 0 Å². The molecular formula is C6H6NNaO2. The number of rotatable bonds is 0. The summed E-state index contributed by atoms with van der Waals surface area (Å²) >= 11 is 0. The fraction of sp³-hybridized carbons (Fsp3) is 0.333. The van der Waals surface area contributed by atoms with Crippen LogP contribution >= 0.6 is 0 Å². The van der Waals surface area contributed by atoms with Crippen LogP contribution in [0.25, 0.3) is 5.32 Å². The van der Waals surface area contributed by atoms with Crippen LogP contribution in [0.15, 0.2) is 11.1 Å². The minimum absolute atomic E-state index is 0. The van der Waals surface area contributed by atoms with Gasteiger partial charge >= 0.3 is 29.6 Å². The van der Waals surface area contributed by atoms with E-state index in [1.807, 2.05) is 0 Å². The Balaban J connectivity index is 0.000000810. The Labute approximate surface area is 81.2 Å². The summed E-state index contributed by atoms with van der Waals surface area (Å²) in [6, 6.07) is 0. The molecule has 0 saturated heterocycles. The predicted octanol–water partition coefficient (Wildman–Crippen LogP) is -2.23. The van der Waals surface area contributed by atoms with E-state index < -0.39 is 11.8 Å². The molecule has 0 aliphatic carbocycles. The zero-order chi connectivity index (χ0) is 7.02. The molecule has 4 heteroatoms. The van der Waals surface area contributed by atoms with Gasteiger partial charge in [0.05, 0.1) is 11.8 Å². The molecular weight excluding hydrogens is 141 g/mol. The fourth-order valence-electron chi connectivity index (χ4n) is 0.581. The van der Waals surface area contributed by atoms with Gasteiger partial charge in [-0.15, -0.1) is 0 Å². The van der Waals surface area contributed by atoms with Gasteiger partial charge < -0.3 is 14.9 Å². The SMILES string of the molecule is CC1=C(C)C(=O)[N-]C1=O.[Na+]. The molecule has 0 bridgehead atoms. The van der Waals surface area contributed by atoms with Crippen molar-refractivity contribution in [2.24, 2.45) is 0 Å². The minimum atomic E-state index is -0.391. The molecule has 0 N–H and O–H groups in total. The Morgan fingerprint density at radius 2 is 1.30 bits per heavy atom. The molecule has 0 fully saturated rings. The molecule has 10 heavy (non-hydrogen) atoms. The van der Waals surface area contributed by atoms with E-state index in [2.05, 4.69) is 5.32 Å². The van der Waals surface area contributed by atoms with Crippen molar-refractivity contribution < 1.29 is 39.1 Å². The monoisotopic (exact) mass is 147 g/mol. The molecule has 0 atom stereocenters. The zero-order valence-electron chi connectivity index (χ0n) is 6.26. The summed E-state index contributed by atoms with van der Waals surface area (Å²) in [6.45, 7) is 3.21. The summed E-state index contributed by atoms with van der Waals surface area (Å²) in [5.74, 6) is -0.782. The largest absolute Gasteiger partial charge is 1.00 e. The van der Waals surface area contributed by atoms with Crippen LogP contribution in [0.3, 0.4) is 0 Å². The van der Waals surface area contributed by atoms with E-state index in [1.165, 1.54) is 0 Å². The van der Waals surface area contributed by atoms with Crippen LogP contribution in [-0.4, -0.2) is 11.8 Å². The van der Waals surface area contributed by atoms with Crippen molar-refractivity contribution >= 4 is 11.8 Å². The third-order valence-corrected chi connectivity index (χ3v) is 1.41. The first-order valence-corrected chi connectivity index (χ1v) is 2.61. The summed E-state index contributed by atoms with van der Waals surface area (Å²) in [5, 5.41) is 3.20. The van der Waals surface area contributed by atoms with Crippen molar-refractivity contribution in [1.29, 1.82) is 0 Å². The molecule has 1 aliphatic rings. The summed E-state index contributed by atoms with van der Waals surface area (Å²) in [4.78, 5) is 21.1. The molecule has 48 valence electrons. The molecule has 1 rings (SSSR count). The van der Waals surface area contributed by atoms with Gasteiger partial charge in [-0.1, -0.05) is 0 Å². The summed E-state index contributed by atoms with van der Waals surface area (Å²) in [7, 11) is 0. The standard InChI is InChI=1S/C6H7NO2.Na/c1-3-4(2)6(9)7-5(3)8;/h1-2H3,(H,7,8,9);/q;+1/p-1. The van der Waals surface area contributed by atoms with Crippen LogP contribution in [0.1, 0.15) is 13.8 Å². The first-order chi connectivity index (χ1) is 4.13. The van der Waals surface area contributed by atoms with E-state index in [9.17, 15) is 9.59 Å². The van der Waals surface area contributed by atoms with Crippen molar-refractivity contribution in [2.45, 2.75) is 13.8 Å². The van der Waals surface area contributed by atoms with Gasteiger partial charge in [0, 0.05) is 0 Å². The average molecular weight is 147 g/mol. The van der Waals surface area contributed by atoms with E-state index in [1.54, 1.807) is 13.8 Å². The number of hydrogen-bond acceptors (Lipinski definition) is 2. The Morgan fingerprint density at radius 1 is 1.00 bits per heavy atom. The molecule has 0 radical (unpaired) electrons. The van der Waals surface area contributed by atoms with Crippen LogP contribution in [0.5, 0.6) is 0 Å². The van der Waals surface area contributed by atoms with E-state index in [0.29, 0.717) is 11.1 Å². The Kier molecular flexibility index (Phi) is 3.28. The van der Waals surface area contributed by atoms with Gasteiger partial charge in [-0.3, -0.25) is 0 Å². The number of hydrogen-bond donors (Lipinski definition) is 0. The number of nitrogens with zero attached hydrogens (tertiary/aromatic N) is 1. The Bertz CT molecular complexity index is 198. The summed E-state index contributed by atoms with van der Waals surface area (Å²) in [6.07, 6.45) is 0. The van der Waals surface area contributed by atoms with Gasteiger partial charge in [-0.05, 0) is 25.0 Å². The predicted molar refractivity (Wildman–Crippen MR) is 31.7 cm³/mol. The first-order valence-electron chi connectivity index (χ1n) is 2.61. The van der Waals surface area contributed by atoms with Crippen molar-refractivity contribution in [3.8, 4) is 0 Å². The molecule has 0 aromatic rings. The van der Waals surface area contributed by atoms with E-state index in [-0.39, 0.29) is 29.6 Å². The Morgan fingerprint density at radius 3 is 1.40 bits per heavy atom. The topological polar surface area (TPSA) is 48.2 Å². The second-order valence-corrected chi connectivity index (χ2v) is 1.97. The van der Waals surface area contributed by atoms with Gasteiger partial charge in [-0.25, -0.2) is 0 Å². The maximum Gasteiger partial charge on any atom is 1.00 e. The van der Waals surface area contributed by atoms with Crippen LogP contribution in [0.2, 0.25) is 0 Å². The van der Waals surface area contributed by atoms with E-state index in [0.717, 1.165) is 0 Å². The first kappa shape index (κ1) is 9.88. The van der Waals surface area contributed by atoms with E-state index in [4.69, 9.17) is 0 Å². The van der Waals surface area contributed by atoms with Gasteiger partial charge in [-0.2, -0.15) is 0 Å². The fourth-order valence-corrected chi connectivity index (χ4v) is 0.581. The smallest absolute Gasteiger partial charge is 0.588 e. The molecule has 0 spiro atoms. The van der Waals surface area contributed by atoms with Crippen LogP contribution in [0.4, 0.5) is 0 Å². The minimum Gasteiger partial charge on any atom is -0.588 e. The summed E-state index contributed by atoms with van der Waals surface area (Å²) in [5.41, 5.74) is 0.944. The molecule has 0 aromatic carbocycles. The zero-order valence-corrected chi connectivity index (χ0v) is 8.26. The average Bonchev–Trinajstić information content (AvgIpc) is 1.98. The third-order valence-electron chi connectivity index (χ3n) is 1.41. The van der Waals surface area contributed by atoms with Crippen molar-refractivity contribution in [3.63, 3.8) is 0 Å². The second-order valence-electron chi connectivity index (χ2n) is 1.97. The van der Waals surface area contributed by atoms with E-state index >= 15 is 0 Å². The normalized spacial score (nSPS) is 17.0. The molecule has 2 amide bonds. The number of carbonyl (C=O) groups is 2. The van der Waals surface area contributed by atoms with Gasteiger partial charge in [0.1, 0.15) is 0 Å². The third kappa shape index (κ3) is 1.48. The van der Waals surface area contributed by atoms with Crippen molar-refractivity contribution in [1.82, 2.24) is 0 Å².